The molecule has 3 atom stereocenters. The molecule has 28 heavy (non-hydrogen) atoms. The Balaban J connectivity index is 1.34. The van der Waals surface area contributed by atoms with Crippen LogP contribution in [0.15, 0.2) is 36.8 Å². The second kappa shape index (κ2) is 8.38. The van der Waals surface area contributed by atoms with Crippen molar-refractivity contribution in [3.05, 3.63) is 53.9 Å². The number of halogens is 1. The molecule has 1 aromatic heterocycles. The van der Waals surface area contributed by atoms with Crippen LogP contribution in [-0.4, -0.2) is 52.5 Å². The van der Waals surface area contributed by atoms with Crippen molar-refractivity contribution >= 4 is 5.91 Å². The Bertz CT molecular complexity index is 790. The third-order valence-corrected chi connectivity index (χ3v) is 5.97. The lowest BCUT2D eigenvalue weighted by Crippen LogP contribution is -2.50. The van der Waals surface area contributed by atoms with Gasteiger partial charge in [0.25, 0.3) is 0 Å². The fraction of sp³-hybridized carbons (Fsp3) is 0.500. The van der Waals surface area contributed by atoms with Crippen LogP contribution in [0, 0.1) is 11.7 Å². The van der Waals surface area contributed by atoms with Gasteiger partial charge in [0.15, 0.2) is 0 Å². The molecule has 1 aromatic carbocycles. The monoisotopic (exact) mass is 386 g/mol. The number of rotatable bonds is 5. The van der Waals surface area contributed by atoms with E-state index >= 15 is 0 Å². The highest BCUT2D eigenvalue weighted by Crippen LogP contribution is 2.32. The van der Waals surface area contributed by atoms with Crippen LogP contribution in [-0.2, 0) is 11.2 Å². The summed E-state index contributed by atoms with van der Waals surface area (Å²) in [6, 6.07) is 6.54. The predicted molar refractivity (Wildman–Crippen MR) is 104 cm³/mol. The molecule has 150 valence electrons. The first-order valence-electron chi connectivity index (χ1n) is 9.87. The Kier molecular flexibility index (Phi) is 5.70. The van der Waals surface area contributed by atoms with E-state index in [1.807, 2.05) is 11.0 Å². The van der Waals surface area contributed by atoms with Gasteiger partial charge < -0.3 is 15.6 Å². The molecule has 0 bridgehead atoms. The standard InChI is InChI=1S/C20H27FN6O/c21-15-3-1-2-14(8-15)17-11-25-26-19(17)13-4-6-27(7-5-13)20(28)18(22)9-16-10-23-12-24-16/h1-3,8,10,12-13,17-19,25-26H,4-7,9,11,22H2,(H,23,24)/t17?,18-,19?/m0/s1. The largest absolute Gasteiger partial charge is 0.348 e. The lowest BCUT2D eigenvalue weighted by molar-refractivity contribution is -0.134. The minimum absolute atomic E-state index is 0.00719. The first-order valence-corrected chi connectivity index (χ1v) is 9.87. The Morgan fingerprint density at radius 1 is 1.36 bits per heavy atom. The fourth-order valence-electron chi connectivity index (χ4n) is 4.46. The zero-order valence-electron chi connectivity index (χ0n) is 15.8. The topological polar surface area (TPSA) is 99.1 Å². The van der Waals surface area contributed by atoms with E-state index in [1.54, 1.807) is 24.7 Å². The number of aromatic nitrogens is 2. The van der Waals surface area contributed by atoms with E-state index < -0.39 is 6.04 Å². The summed E-state index contributed by atoms with van der Waals surface area (Å²) in [7, 11) is 0. The molecule has 0 radical (unpaired) electrons. The summed E-state index contributed by atoms with van der Waals surface area (Å²) < 4.78 is 13.6. The number of hydrazine groups is 1. The molecule has 0 spiro atoms. The molecule has 2 aliphatic heterocycles. The van der Waals surface area contributed by atoms with Gasteiger partial charge in [-0.1, -0.05) is 12.1 Å². The molecule has 2 aliphatic rings. The first-order chi connectivity index (χ1) is 13.6. The highest BCUT2D eigenvalue weighted by molar-refractivity contribution is 5.82. The number of nitrogens with two attached hydrogens (primary N) is 1. The van der Waals surface area contributed by atoms with Gasteiger partial charge in [0.05, 0.1) is 12.4 Å². The summed E-state index contributed by atoms with van der Waals surface area (Å²) >= 11 is 0. The van der Waals surface area contributed by atoms with Crippen molar-refractivity contribution < 1.29 is 9.18 Å². The van der Waals surface area contributed by atoms with E-state index in [1.165, 1.54) is 6.07 Å². The number of likely N-dealkylation sites (tertiary alicyclic amines) is 1. The number of nitrogens with one attached hydrogen (secondary N) is 3. The number of piperidine rings is 1. The van der Waals surface area contributed by atoms with Gasteiger partial charge in [0.2, 0.25) is 5.91 Å². The quantitative estimate of drug-likeness (QED) is 0.612. The summed E-state index contributed by atoms with van der Waals surface area (Å²) in [6.07, 6.45) is 5.58. The SMILES string of the molecule is N[C@@H](Cc1cnc[nH]1)C(=O)N1CCC(C2NNCC2c2cccc(F)c2)CC1. The van der Waals surface area contributed by atoms with Gasteiger partial charge >= 0.3 is 0 Å². The van der Waals surface area contributed by atoms with Crippen LogP contribution >= 0.6 is 0 Å². The van der Waals surface area contributed by atoms with E-state index in [9.17, 15) is 9.18 Å². The van der Waals surface area contributed by atoms with Crippen molar-refractivity contribution in [3.8, 4) is 0 Å². The van der Waals surface area contributed by atoms with E-state index in [-0.39, 0.29) is 23.7 Å². The zero-order valence-corrected chi connectivity index (χ0v) is 15.8. The molecule has 8 heteroatoms. The molecule has 1 amide bonds. The first kappa shape index (κ1) is 19.0. The van der Waals surface area contributed by atoms with Crippen molar-refractivity contribution in [2.45, 2.75) is 37.3 Å². The smallest absolute Gasteiger partial charge is 0.239 e. The maximum Gasteiger partial charge on any atom is 0.239 e. The van der Waals surface area contributed by atoms with E-state index in [0.29, 0.717) is 25.4 Å². The number of hydrogen-bond acceptors (Lipinski definition) is 5. The summed E-state index contributed by atoms with van der Waals surface area (Å²) in [5.41, 5.74) is 14.6. The number of nitrogens with zero attached hydrogens (tertiary/aromatic N) is 2. The van der Waals surface area contributed by atoms with Crippen LogP contribution in [0.4, 0.5) is 4.39 Å². The number of H-pyrrole nitrogens is 1. The number of hydrogen-bond donors (Lipinski definition) is 4. The maximum atomic E-state index is 13.6. The molecular weight excluding hydrogens is 359 g/mol. The molecule has 3 heterocycles. The Morgan fingerprint density at radius 2 is 2.18 bits per heavy atom. The van der Waals surface area contributed by atoms with Gasteiger partial charge in [-0.2, -0.15) is 0 Å². The lowest BCUT2D eigenvalue weighted by Gasteiger charge is -2.37. The second-order valence-corrected chi connectivity index (χ2v) is 7.76. The van der Waals surface area contributed by atoms with Gasteiger partial charge in [-0.05, 0) is 36.5 Å². The average Bonchev–Trinajstić information content (AvgIpc) is 3.39. The Labute approximate surface area is 163 Å². The molecular formula is C20H27FN6O. The van der Waals surface area contributed by atoms with Crippen molar-refractivity contribution in [3.63, 3.8) is 0 Å². The molecule has 0 saturated carbocycles. The van der Waals surface area contributed by atoms with Crippen LogP contribution in [0.3, 0.4) is 0 Å². The molecule has 2 unspecified atom stereocenters. The summed E-state index contributed by atoms with van der Waals surface area (Å²) in [5, 5.41) is 0. The van der Waals surface area contributed by atoms with Crippen LogP contribution < -0.4 is 16.6 Å². The minimum Gasteiger partial charge on any atom is -0.348 e. The number of benzene rings is 1. The molecule has 7 nitrogen and oxygen atoms in total. The average molecular weight is 386 g/mol. The number of aromatic amines is 1. The third-order valence-electron chi connectivity index (χ3n) is 5.97. The Morgan fingerprint density at radius 3 is 2.89 bits per heavy atom. The summed E-state index contributed by atoms with van der Waals surface area (Å²) in [4.78, 5) is 21.5. The highest BCUT2D eigenvalue weighted by Gasteiger charge is 2.37. The molecule has 0 aliphatic carbocycles. The van der Waals surface area contributed by atoms with Gasteiger partial charge in [-0.15, -0.1) is 0 Å². The Hall–Kier alpha value is -2.29. The molecule has 2 saturated heterocycles. The predicted octanol–water partition coefficient (Wildman–Crippen LogP) is 0.917. The van der Waals surface area contributed by atoms with Gasteiger partial charge in [-0.3, -0.25) is 15.6 Å². The number of imidazole rings is 1. The molecule has 5 N–H and O–H groups in total. The van der Waals surface area contributed by atoms with E-state index in [4.69, 9.17) is 5.73 Å². The van der Waals surface area contributed by atoms with Crippen molar-refractivity contribution in [1.82, 2.24) is 25.7 Å². The van der Waals surface area contributed by atoms with Gasteiger partial charge in [-0.25, -0.2) is 9.37 Å². The number of carbonyl (C=O) groups is 1. The number of amides is 1. The van der Waals surface area contributed by atoms with Crippen molar-refractivity contribution in [1.29, 1.82) is 0 Å². The van der Waals surface area contributed by atoms with Gasteiger partial charge in [0, 0.05) is 49.9 Å². The summed E-state index contributed by atoms with van der Waals surface area (Å²) in [6.45, 7) is 2.19. The third kappa shape index (κ3) is 4.09. The zero-order chi connectivity index (χ0) is 19.5. The molecule has 4 rings (SSSR count). The highest BCUT2D eigenvalue weighted by atomic mass is 19.1. The van der Waals surface area contributed by atoms with Crippen LogP contribution in [0.1, 0.15) is 30.0 Å². The fourth-order valence-corrected chi connectivity index (χ4v) is 4.46. The van der Waals surface area contributed by atoms with Crippen LogP contribution in [0.2, 0.25) is 0 Å². The van der Waals surface area contributed by atoms with E-state index in [0.717, 1.165) is 30.6 Å². The normalized spacial score (nSPS) is 24.4. The second-order valence-electron chi connectivity index (χ2n) is 7.76. The van der Waals surface area contributed by atoms with Crippen LogP contribution in [0.5, 0.6) is 0 Å². The molecule has 2 fully saturated rings. The van der Waals surface area contributed by atoms with Crippen LogP contribution in [0.25, 0.3) is 0 Å². The number of carbonyl (C=O) groups excluding carboxylic acids is 1. The van der Waals surface area contributed by atoms with E-state index in [2.05, 4.69) is 20.8 Å². The lowest BCUT2D eigenvalue weighted by atomic mass is 9.80. The van der Waals surface area contributed by atoms with Crippen molar-refractivity contribution in [2.24, 2.45) is 11.7 Å². The summed E-state index contributed by atoms with van der Waals surface area (Å²) in [5.74, 6) is 0.448. The van der Waals surface area contributed by atoms with Crippen molar-refractivity contribution in [2.75, 3.05) is 19.6 Å². The minimum atomic E-state index is -0.552. The maximum absolute atomic E-state index is 13.6. The van der Waals surface area contributed by atoms with Gasteiger partial charge in [0.1, 0.15) is 5.82 Å². The molecule has 2 aromatic rings.